The van der Waals surface area contributed by atoms with Gasteiger partial charge in [0.1, 0.15) is 0 Å². The molecule has 0 bridgehead atoms. The second-order valence-corrected chi connectivity index (χ2v) is 6.90. The lowest BCUT2D eigenvalue weighted by Crippen LogP contribution is -2.51. The molecular formula is C16H28N4O2. The van der Waals surface area contributed by atoms with Crippen LogP contribution in [-0.2, 0) is 9.59 Å². The number of amides is 2. The Morgan fingerprint density at radius 1 is 1.09 bits per heavy atom. The van der Waals surface area contributed by atoms with Crippen LogP contribution in [0.3, 0.4) is 0 Å². The molecule has 0 aromatic heterocycles. The van der Waals surface area contributed by atoms with E-state index in [9.17, 15) is 9.59 Å². The van der Waals surface area contributed by atoms with Crippen molar-refractivity contribution in [1.82, 2.24) is 20.4 Å². The van der Waals surface area contributed by atoms with Gasteiger partial charge in [-0.05, 0) is 44.7 Å². The maximum absolute atomic E-state index is 12.2. The zero-order valence-corrected chi connectivity index (χ0v) is 13.4. The van der Waals surface area contributed by atoms with Gasteiger partial charge in [0.15, 0.2) is 0 Å². The van der Waals surface area contributed by atoms with Crippen LogP contribution in [0, 0.1) is 5.92 Å². The van der Waals surface area contributed by atoms with Crippen molar-refractivity contribution in [3.63, 3.8) is 0 Å². The van der Waals surface area contributed by atoms with Crippen molar-refractivity contribution in [2.24, 2.45) is 5.92 Å². The Hall–Kier alpha value is -1.14. The molecule has 1 unspecified atom stereocenters. The van der Waals surface area contributed by atoms with Gasteiger partial charge < -0.3 is 15.5 Å². The normalized spacial score (nSPS) is 26.2. The van der Waals surface area contributed by atoms with Crippen LogP contribution in [0.2, 0.25) is 0 Å². The number of carbonyl (C=O) groups excluding carboxylic acids is 2. The lowest BCUT2D eigenvalue weighted by molar-refractivity contribution is -0.133. The Labute approximate surface area is 132 Å². The van der Waals surface area contributed by atoms with E-state index in [0.717, 1.165) is 58.5 Å². The number of rotatable bonds is 6. The van der Waals surface area contributed by atoms with Gasteiger partial charge in [0, 0.05) is 38.6 Å². The first-order valence-electron chi connectivity index (χ1n) is 8.71. The van der Waals surface area contributed by atoms with Crippen molar-refractivity contribution >= 4 is 11.8 Å². The van der Waals surface area contributed by atoms with E-state index in [1.165, 1.54) is 6.42 Å². The van der Waals surface area contributed by atoms with E-state index in [0.29, 0.717) is 24.9 Å². The van der Waals surface area contributed by atoms with Gasteiger partial charge in [0.05, 0.1) is 6.54 Å². The van der Waals surface area contributed by atoms with Gasteiger partial charge in [-0.15, -0.1) is 0 Å². The molecule has 2 N–H and O–H groups in total. The van der Waals surface area contributed by atoms with Crippen LogP contribution >= 0.6 is 0 Å². The maximum Gasteiger partial charge on any atom is 0.234 e. The minimum atomic E-state index is 0.135. The lowest BCUT2D eigenvalue weighted by atomic mass is 10.0. The van der Waals surface area contributed by atoms with Crippen LogP contribution in [-0.4, -0.2) is 73.5 Å². The van der Waals surface area contributed by atoms with Crippen LogP contribution in [0.4, 0.5) is 0 Å². The SMILES string of the molecule is O=C(CN1CCN(C(=O)CCC2CCNC2)CC1)NC1CC1. The quantitative estimate of drug-likeness (QED) is 0.713. The zero-order chi connectivity index (χ0) is 15.4. The van der Waals surface area contributed by atoms with Crippen molar-refractivity contribution in [3.05, 3.63) is 0 Å². The van der Waals surface area contributed by atoms with E-state index < -0.39 is 0 Å². The molecule has 3 rings (SSSR count). The molecule has 2 aliphatic heterocycles. The Kier molecular flexibility index (Phi) is 5.31. The number of carbonyl (C=O) groups is 2. The highest BCUT2D eigenvalue weighted by Crippen LogP contribution is 2.18. The van der Waals surface area contributed by atoms with Crippen LogP contribution in [0.25, 0.3) is 0 Å². The number of hydrogen-bond donors (Lipinski definition) is 2. The summed E-state index contributed by atoms with van der Waals surface area (Å²) in [5, 5.41) is 6.37. The highest BCUT2D eigenvalue weighted by Gasteiger charge is 2.26. The average Bonchev–Trinajstić information content (AvgIpc) is 3.16. The van der Waals surface area contributed by atoms with Gasteiger partial charge in [-0.3, -0.25) is 14.5 Å². The fraction of sp³-hybridized carbons (Fsp3) is 0.875. The van der Waals surface area contributed by atoms with Crippen molar-refractivity contribution in [2.45, 2.75) is 38.1 Å². The first-order chi connectivity index (χ1) is 10.7. The summed E-state index contributed by atoms with van der Waals surface area (Å²) in [5.74, 6) is 1.10. The average molecular weight is 308 g/mol. The number of nitrogens with one attached hydrogen (secondary N) is 2. The van der Waals surface area contributed by atoms with Crippen LogP contribution in [0.1, 0.15) is 32.1 Å². The molecule has 3 fully saturated rings. The maximum atomic E-state index is 12.2. The minimum absolute atomic E-state index is 0.135. The third-order valence-corrected chi connectivity index (χ3v) is 4.96. The van der Waals surface area contributed by atoms with Gasteiger partial charge >= 0.3 is 0 Å². The third kappa shape index (κ3) is 4.68. The summed E-state index contributed by atoms with van der Waals surface area (Å²) in [5.41, 5.74) is 0. The summed E-state index contributed by atoms with van der Waals surface area (Å²) >= 11 is 0. The first kappa shape index (κ1) is 15.7. The molecule has 1 saturated carbocycles. The van der Waals surface area contributed by atoms with E-state index in [1.807, 2.05) is 4.90 Å². The van der Waals surface area contributed by atoms with Gasteiger partial charge in [-0.1, -0.05) is 0 Å². The Balaban J connectivity index is 1.31. The predicted molar refractivity (Wildman–Crippen MR) is 84.4 cm³/mol. The molecule has 0 aromatic carbocycles. The van der Waals surface area contributed by atoms with E-state index in [1.54, 1.807) is 0 Å². The van der Waals surface area contributed by atoms with Crippen LogP contribution in [0.15, 0.2) is 0 Å². The van der Waals surface area contributed by atoms with E-state index in [4.69, 9.17) is 0 Å². The lowest BCUT2D eigenvalue weighted by Gasteiger charge is -2.34. The van der Waals surface area contributed by atoms with Crippen LogP contribution in [0.5, 0.6) is 0 Å². The van der Waals surface area contributed by atoms with E-state index in [-0.39, 0.29) is 11.8 Å². The van der Waals surface area contributed by atoms with Crippen molar-refractivity contribution in [1.29, 1.82) is 0 Å². The Bertz CT molecular complexity index is 397. The minimum Gasteiger partial charge on any atom is -0.352 e. The fourth-order valence-corrected chi connectivity index (χ4v) is 3.31. The summed E-state index contributed by atoms with van der Waals surface area (Å²) in [4.78, 5) is 28.2. The van der Waals surface area contributed by atoms with Crippen molar-refractivity contribution in [3.8, 4) is 0 Å². The molecule has 2 amide bonds. The third-order valence-electron chi connectivity index (χ3n) is 4.96. The summed E-state index contributed by atoms with van der Waals surface area (Å²) in [6.07, 6.45) is 5.15. The molecule has 0 aromatic rings. The highest BCUT2D eigenvalue weighted by molar-refractivity contribution is 5.79. The molecule has 0 spiro atoms. The van der Waals surface area contributed by atoms with E-state index >= 15 is 0 Å². The smallest absolute Gasteiger partial charge is 0.234 e. The topological polar surface area (TPSA) is 64.7 Å². The Morgan fingerprint density at radius 3 is 2.50 bits per heavy atom. The standard InChI is InChI=1S/C16H28N4O2/c21-15(18-14-2-3-14)12-19-7-9-20(10-8-19)16(22)4-1-13-5-6-17-11-13/h13-14,17H,1-12H2,(H,18,21). The number of hydrogen-bond acceptors (Lipinski definition) is 4. The fourth-order valence-electron chi connectivity index (χ4n) is 3.31. The van der Waals surface area contributed by atoms with Gasteiger partial charge in [0.25, 0.3) is 0 Å². The monoisotopic (exact) mass is 308 g/mol. The molecule has 3 aliphatic rings. The predicted octanol–water partition coefficient (Wildman–Crippen LogP) is -0.201. The molecule has 6 nitrogen and oxygen atoms in total. The van der Waals surface area contributed by atoms with Crippen molar-refractivity contribution in [2.75, 3.05) is 45.8 Å². The highest BCUT2D eigenvalue weighted by atomic mass is 16.2. The second kappa shape index (κ2) is 7.42. The molecule has 22 heavy (non-hydrogen) atoms. The van der Waals surface area contributed by atoms with E-state index in [2.05, 4.69) is 15.5 Å². The molecule has 2 heterocycles. The number of piperazine rings is 1. The zero-order valence-electron chi connectivity index (χ0n) is 13.4. The summed E-state index contributed by atoms with van der Waals surface area (Å²) in [6.45, 7) is 5.80. The Morgan fingerprint density at radius 2 is 1.86 bits per heavy atom. The number of nitrogens with zero attached hydrogens (tertiary/aromatic N) is 2. The molecule has 1 atom stereocenters. The second-order valence-electron chi connectivity index (χ2n) is 6.90. The molecule has 1 aliphatic carbocycles. The summed E-state index contributed by atoms with van der Waals surface area (Å²) in [6, 6.07) is 0.431. The molecular weight excluding hydrogens is 280 g/mol. The van der Waals surface area contributed by atoms with Gasteiger partial charge in [-0.25, -0.2) is 0 Å². The van der Waals surface area contributed by atoms with Crippen molar-refractivity contribution < 1.29 is 9.59 Å². The molecule has 2 saturated heterocycles. The molecule has 6 heteroatoms. The van der Waals surface area contributed by atoms with Crippen LogP contribution < -0.4 is 10.6 Å². The summed E-state index contributed by atoms with van der Waals surface area (Å²) < 4.78 is 0. The van der Waals surface area contributed by atoms with Gasteiger partial charge in [-0.2, -0.15) is 0 Å². The molecule has 0 radical (unpaired) electrons. The largest absolute Gasteiger partial charge is 0.352 e. The molecule has 124 valence electrons. The first-order valence-corrected chi connectivity index (χ1v) is 8.71. The van der Waals surface area contributed by atoms with Gasteiger partial charge in [0.2, 0.25) is 11.8 Å². The summed E-state index contributed by atoms with van der Waals surface area (Å²) in [7, 11) is 0.